The number of imide groups is 1. The molecule has 2 aliphatic rings. The number of aromatic nitrogens is 2. The van der Waals surface area contributed by atoms with E-state index in [1.165, 1.54) is 32.4 Å². The predicted octanol–water partition coefficient (Wildman–Crippen LogP) is 5.12. The Morgan fingerprint density at radius 1 is 0.941 bits per heavy atom. The summed E-state index contributed by atoms with van der Waals surface area (Å²) in [6, 6.07) is 14.5. The van der Waals surface area contributed by atoms with Gasteiger partial charge in [0.1, 0.15) is 11.6 Å². The minimum absolute atomic E-state index is 0.131. The molecule has 16 heteroatoms. The number of nitrogens with one attached hydrogen (secondary N) is 4. The first-order valence-electron chi connectivity index (χ1n) is 16.2. The monoisotopic (exact) mass is 703 g/mol. The summed E-state index contributed by atoms with van der Waals surface area (Å²) in [6.07, 6.45) is -0.401. The summed E-state index contributed by atoms with van der Waals surface area (Å²) in [7, 11) is 2.95. The minimum Gasteiger partial charge on any atom is -0.494 e. The maximum atomic E-state index is 14.0. The molecule has 4 amide bonds. The van der Waals surface area contributed by atoms with Crippen molar-refractivity contribution in [1.29, 1.82) is 0 Å². The lowest BCUT2D eigenvalue weighted by molar-refractivity contribution is -0.137. The summed E-state index contributed by atoms with van der Waals surface area (Å²) < 4.78 is 47.6. The summed E-state index contributed by atoms with van der Waals surface area (Å²) in [5.74, 6) is -0.142. The van der Waals surface area contributed by atoms with E-state index in [4.69, 9.17) is 4.74 Å². The van der Waals surface area contributed by atoms with Crippen molar-refractivity contribution >= 4 is 52.1 Å². The van der Waals surface area contributed by atoms with E-state index in [2.05, 4.69) is 41.0 Å². The number of amides is 4. The molecule has 0 saturated carbocycles. The van der Waals surface area contributed by atoms with Gasteiger partial charge in [0.15, 0.2) is 0 Å². The highest BCUT2D eigenvalue weighted by molar-refractivity contribution is 6.05. The fourth-order valence-corrected chi connectivity index (χ4v) is 6.03. The molecule has 2 aliphatic heterocycles. The molecule has 4 heterocycles. The number of nitrogens with zero attached hydrogens (tertiary/aromatic N) is 5. The lowest BCUT2D eigenvalue weighted by Crippen LogP contribution is -2.50. The predicted molar refractivity (Wildman–Crippen MR) is 186 cm³/mol. The number of urea groups is 1. The van der Waals surface area contributed by atoms with Crippen LogP contribution in [0.25, 0.3) is 0 Å². The summed E-state index contributed by atoms with van der Waals surface area (Å²) in [4.78, 5) is 50.7. The largest absolute Gasteiger partial charge is 0.494 e. The lowest BCUT2D eigenvalue weighted by atomic mass is 10.1. The standard InChI is InChI=1S/C35H36F3N9O4/c1-39-33(49)24-5-3-4-6-26(24)42-28-18-31(41-19-25(28)35(36,37)38)43-27-8-7-23(17-30(27)51-2)46-15-13-45(14-16-46)21-22-9-11-40-20-29(22)47-12-10-32(48)44-34(47)50/h3-9,11,17-20H,10,12-16,21H2,1-2H3,(H,39,49)(H2,41,42,43)(H,44,48,50). The molecule has 2 aromatic carbocycles. The zero-order valence-electron chi connectivity index (χ0n) is 27.9. The summed E-state index contributed by atoms with van der Waals surface area (Å²) in [5, 5.41) is 10.7. The van der Waals surface area contributed by atoms with Crippen molar-refractivity contribution in [3.05, 3.63) is 89.9 Å². The van der Waals surface area contributed by atoms with E-state index < -0.39 is 23.7 Å². The van der Waals surface area contributed by atoms with Gasteiger partial charge in [0.2, 0.25) is 5.91 Å². The second-order valence-corrected chi connectivity index (χ2v) is 11.9. The molecule has 13 nitrogen and oxygen atoms in total. The Bertz CT molecular complexity index is 1930. The fraction of sp³-hybridized carbons (Fsp3) is 0.286. The summed E-state index contributed by atoms with van der Waals surface area (Å²) in [6.45, 7) is 3.80. The van der Waals surface area contributed by atoms with Crippen molar-refractivity contribution < 1.29 is 32.3 Å². The van der Waals surface area contributed by atoms with Crippen LogP contribution in [0, 0.1) is 0 Å². The maximum absolute atomic E-state index is 14.0. The van der Waals surface area contributed by atoms with Gasteiger partial charge in [-0.05, 0) is 35.9 Å². The molecule has 4 N–H and O–H groups in total. The number of para-hydroxylation sites is 1. The highest BCUT2D eigenvalue weighted by Gasteiger charge is 2.35. The normalized spacial score (nSPS) is 15.3. The number of piperazine rings is 1. The quantitative estimate of drug-likeness (QED) is 0.176. The molecule has 0 bridgehead atoms. The Labute approximate surface area is 291 Å². The zero-order valence-corrected chi connectivity index (χ0v) is 27.9. The topological polar surface area (TPSA) is 144 Å². The van der Waals surface area contributed by atoms with Crippen LogP contribution in [0.3, 0.4) is 0 Å². The van der Waals surface area contributed by atoms with Crippen LogP contribution in [0.5, 0.6) is 5.75 Å². The number of rotatable bonds is 10. The molecule has 0 atom stereocenters. The van der Waals surface area contributed by atoms with E-state index >= 15 is 0 Å². The molecule has 266 valence electrons. The molecule has 2 saturated heterocycles. The molecule has 2 aromatic heterocycles. The van der Waals surface area contributed by atoms with Gasteiger partial charge in [0.25, 0.3) is 5.91 Å². The van der Waals surface area contributed by atoms with Crippen LogP contribution in [0.4, 0.5) is 52.2 Å². The average molecular weight is 704 g/mol. The number of carbonyl (C=O) groups excluding carboxylic acids is 3. The molecule has 0 unspecified atom stereocenters. The number of alkyl halides is 3. The van der Waals surface area contributed by atoms with Gasteiger partial charge < -0.3 is 25.6 Å². The first kappa shape index (κ1) is 34.9. The number of hydrogen-bond donors (Lipinski definition) is 4. The molecule has 4 aromatic rings. The van der Waals surface area contributed by atoms with Gasteiger partial charge in [-0.15, -0.1) is 0 Å². The first-order chi connectivity index (χ1) is 24.5. The van der Waals surface area contributed by atoms with Gasteiger partial charge in [0, 0.05) is 83.0 Å². The minimum atomic E-state index is -4.70. The maximum Gasteiger partial charge on any atom is 0.419 e. The van der Waals surface area contributed by atoms with Crippen LogP contribution < -0.4 is 35.8 Å². The number of methoxy groups -OCH3 is 1. The van der Waals surface area contributed by atoms with Gasteiger partial charge in [-0.3, -0.25) is 29.7 Å². The van der Waals surface area contributed by atoms with Crippen molar-refractivity contribution in [3.8, 4) is 5.75 Å². The molecule has 51 heavy (non-hydrogen) atoms. The van der Waals surface area contributed by atoms with Gasteiger partial charge in [0.05, 0.1) is 47.2 Å². The molecular formula is C35H36F3N9O4. The van der Waals surface area contributed by atoms with E-state index in [0.717, 1.165) is 30.5 Å². The first-order valence-corrected chi connectivity index (χ1v) is 16.2. The second kappa shape index (κ2) is 14.9. The number of anilines is 6. The molecular weight excluding hydrogens is 667 g/mol. The van der Waals surface area contributed by atoms with Crippen LogP contribution in [-0.2, 0) is 17.5 Å². The molecule has 2 fully saturated rings. The SMILES string of the molecule is CNC(=O)c1ccccc1Nc1cc(Nc2ccc(N3CCN(Cc4ccncc4N4CCC(=O)NC4=O)CC3)cc2OC)ncc1C(F)(F)F. The second-order valence-electron chi connectivity index (χ2n) is 11.9. The fourth-order valence-electron chi connectivity index (χ4n) is 6.03. The van der Waals surface area contributed by atoms with Crippen LogP contribution in [0.1, 0.15) is 27.9 Å². The zero-order chi connectivity index (χ0) is 36.1. The highest BCUT2D eigenvalue weighted by atomic mass is 19.4. The highest BCUT2D eigenvalue weighted by Crippen LogP contribution is 2.39. The van der Waals surface area contributed by atoms with Crippen LogP contribution in [-0.4, -0.2) is 79.6 Å². The number of ether oxygens (including phenoxy) is 1. The Hall–Kier alpha value is -5.90. The third kappa shape index (κ3) is 7.96. The molecule has 0 radical (unpaired) electrons. The van der Waals surface area contributed by atoms with E-state index in [1.807, 2.05) is 18.2 Å². The van der Waals surface area contributed by atoms with Crippen molar-refractivity contribution in [2.75, 3.05) is 67.3 Å². The Morgan fingerprint density at radius 2 is 1.73 bits per heavy atom. The molecule has 0 aliphatic carbocycles. The Morgan fingerprint density at radius 3 is 2.45 bits per heavy atom. The van der Waals surface area contributed by atoms with Gasteiger partial charge >= 0.3 is 12.2 Å². The van der Waals surface area contributed by atoms with Crippen LogP contribution in [0.2, 0.25) is 0 Å². The van der Waals surface area contributed by atoms with Crippen molar-refractivity contribution in [3.63, 3.8) is 0 Å². The molecule has 0 spiro atoms. The number of benzene rings is 2. The third-order valence-electron chi connectivity index (χ3n) is 8.69. The Kier molecular flexibility index (Phi) is 10.2. The summed E-state index contributed by atoms with van der Waals surface area (Å²) >= 11 is 0. The van der Waals surface area contributed by atoms with Crippen molar-refractivity contribution in [2.45, 2.75) is 19.1 Å². The van der Waals surface area contributed by atoms with Gasteiger partial charge in [-0.2, -0.15) is 13.2 Å². The van der Waals surface area contributed by atoms with Crippen molar-refractivity contribution in [2.24, 2.45) is 0 Å². The number of hydrogen-bond acceptors (Lipinski definition) is 10. The lowest BCUT2D eigenvalue weighted by Gasteiger charge is -2.37. The number of halogens is 3. The average Bonchev–Trinajstić information content (AvgIpc) is 3.12. The smallest absolute Gasteiger partial charge is 0.419 e. The van der Waals surface area contributed by atoms with Gasteiger partial charge in [-0.25, -0.2) is 9.78 Å². The van der Waals surface area contributed by atoms with Crippen LogP contribution >= 0.6 is 0 Å². The van der Waals surface area contributed by atoms with E-state index in [9.17, 15) is 27.6 Å². The van der Waals surface area contributed by atoms with E-state index in [1.54, 1.807) is 35.5 Å². The molecule has 6 rings (SSSR count). The van der Waals surface area contributed by atoms with E-state index in [-0.39, 0.29) is 35.1 Å². The third-order valence-corrected chi connectivity index (χ3v) is 8.69. The van der Waals surface area contributed by atoms with Gasteiger partial charge in [-0.1, -0.05) is 12.1 Å². The number of carbonyl (C=O) groups is 3. The van der Waals surface area contributed by atoms with Crippen molar-refractivity contribution in [1.82, 2.24) is 25.5 Å². The Balaban J connectivity index is 1.14. The summed E-state index contributed by atoms with van der Waals surface area (Å²) in [5.41, 5.74) is 2.14. The van der Waals surface area contributed by atoms with E-state index in [0.29, 0.717) is 43.3 Å². The van der Waals surface area contributed by atoms with Crippen LogP contribution in [0.15, 0.2) is 73.2 Å². The number of pyridine rings is 2.